The van der Waals surface area contributed by atoms with Crippen LogP contribution in [0.5, 0.6) is 0 Å². The molecule has 3 rings (SSSR count). The normalized spacial score (nSPS) is 31.9. The molecule has 0 aliphatic carbocycles. The van der Waals surface area contributed by atoms with Gasteiger partial charge in [-0.05, 0) is 39.8 Å². The Balaban J connectivity index is 2.20. The van der Waals surface area contributed by atoms with Crippen LogP contribution in [0.3, 0.4) is 0 Å². The standard InChI is InChI=1S/C24H34N2O10S/c1-13-8-10-17(11-9-13)37(31,32)26-20(14(2)35-23(26,5)6)21-19(25-15(3)27)18(34-16(4)28)12-24(30,36-21)22(29)33-7/h8-11,14,18-21,30H,12H2,1-7H3,(H,25,27)/t14?,18-,19+,20?,21+,24-/m0/s1. The maximum Gasteiger partial charge on any atom is 0.366 e. The molecule has 13 heteroatoms. The van der Waals surface area contributed by atoms with Gasteiger partial charge in [0, 0.05) is 13.8 Å². The fourth-order valence-corrected chi connectivity index (χ4v) is 7.01. The maximum absolute atomic E-state index is 14.0. The van der Waals surface area contributed by atoms with Gasteiger partial charge in [-0.15, -0.1) is 0 Å². The fourth-order valence-electron chi connectivity index (χ4n) is 5.07. The highest BCUT2D eigenvalue weighted by Crippen LogP contribution is 2.43. The quantitative estimate of drug-likeness (QED) is 0.488. The second kappa shape index (κ2) is 10.3. The SMILES string of the molecule is COC(=O)[C@]1(O)C[C@H](OC(C)=O)[C@@H](NC(C)=O)[C@H](C2C(C)OC(C)(C)N2S(=O)(=O)c2ccc(C)cc2)O1. The van der Waals surface area contributed by atoms with Crippen LogP contribution in [0.4, 0.5) is 0 Å². The Morgan fingerprint density at radius 1 is 1.14 bits per heavy atom. The summed E-state index contributed by atoms with van der Waals surface area (Å²) in [5.74, 6) is -5.04. The molecule has 37 heavy (non-hydrogen) atoms. The van der Waals surface area contributed by atoms with Crippen molar-refractivity contribution in [1.29, 1.82) is 0 Å². The van der Waals surface area contributed by atoms with Crippen molar-refractivity contribution in [2.75, 3.05) is 7.11 Å². The number of methoxy groups -OCH3 is 1. The molecule has 1 amide bonds. The van der Waals surface area contributed by atoms with Crippen molar-refractivity contribution in [3.05, 3.63) is 29.8 Å². The Hall–Kier alpha value is -2.58. The first-order valence-electron chi connectivity index (χ1n) is 11.8. The number of hydrogen-bond acceptors (Lipinski definition) is 10. The minimum atomic E-state index is -4.24. The minimum absolute atomic E-state index is 0.0134. The molecule has 1 aromatic carbocycles. The van der Waals surface area contributed by atoms with Gasteiger partial charge in [-0.1, -0.05) is 17.7 Å². The number of nitrogens with zero attached hydrogens (tertiary/aromatic N) is 1. The van der Waals surface area contributed by atoms with E-state index in [1.54, 1.807) is 32.9 Å². The van der Waals surface area contributed by atoms with Gasteiger partial charge in [0.25, 0.3) is 5.79 Å². The topological polar surface area (TPSA) is 158 Å². The molecule has 2 aliphatic heterocycles. The zero-order chi connectivity index (χ0) is 27.9. The molecule has 2 fully saturated rings. The highest BCUT2D eigenvalue weighted by molar-refractivity contribution is 7.89. The van der Waals surface area contributed by atoms with Crippen molar-refractivity contribution in [3.63, 3.8) is 0 Å². The van der Waals surface area contributed by atoms with E-state index in [2.05, 4.69) is 5.32 Å². The molecule has 0 spiro atoms. The van der Waals surface area contributed by atoms with Crippen molar-refractivity contribution in [1.82, 2.24) is 9.62 Å². The van der Waals surface area contributed by atoms with E-state index in [0.717, 1.165) is 23.9 Å². The monoisotopic (exact) mass is 542 g/mol. The van der Waals surface area contributed by atoms with Gasteiger partial charge in [0.2, 0.25) is 15.9 Å². The van der Waals surface area contributed by atoms with Crippen LogP contribution in [0, 0.1) is 6.92 Å². The third-order valence-electron chi connectivity index (χ3n) is 6.43. The van der Waals surface area contributed by atoms with Gasteiger partial charge in [-0.25, -0.2) is 13.2 Å². The summed E-state index contributed by atoms with van der Waals surface area (Å²) in [7, 11) is -3.20. The molecular weight excluding hydrogens is 508 g/mol. The molecule has 2 heterocycles. The molecule has 0 aromatic heterocycles. The predicted octanol–water partition coefficient (Wildman–Crippen LogP) is 0.596. The van der Waals surface area contributed by atoms with E-state index in [9.17, 15) is 27.9 Å². The lowest BCUT2D eigenvalue weighted by molar-refractivity contribution is -0.286. The van der Waals surface area contributed by atoms with Crippen molar-refractivity contribution in [3.8, 4) is 0 Å². The molecule has 2 saturated heterocycles. The van der Waals surface area contributed by atoms with Crippen LogP contribution in [0.25, 0.3) is 0 Å². The van der Waals surface area contributed by atoms with Crippen molar-refractivity contribution < 1.29 is 46.9 Å². The molecule has 12 nitrogen and oxygen atoms in total. The molecular formula is C24H34N2O10S. The molecule has 206 valence electrons. The van der Waals surface area contributed by atoms with Gasteiger partial charge in [0.15, 0.2) is 0 Å². The van der Waals surface area contributed by atoms with E-state index in [0.29, 0.717) is 0 Å². The number of aryl methyl sites for hydroxylation is 1. The van der Waals surface area contributed by atoms with E-state index >= 15 is 0 Å². The number of ether oxygens (including phenoxy) is 4. The van der Waals surface area contributed by atoms with Gasteiger partial charge < -0.3 is 29.4 Å². The van der Waals surface area contributed by atoms with Gasteiger partial charge >= 0.3 is 11.9 Å². The van der Waals surface area contributed by atoms with Crippen LogP contribution in [0.1, 0.15) is 46.6 Å². The van der Waals surface area contributed by atoms with E-state index in [-0.39, 0.29) is 4.90 Å². The fraction of sp³-hybridized carbons (Fsp3) is 0.625. The molecule has 0 radical (unpaired) electrons. The van der Waals surface area contributed by atoms with Crippen molar-refractivity contribution in [2.45, 2.75) is 94.8 Å². The number of amides is 1. The maximum atomic E-state index is 14.0. The molecule has 0 bridgehead atoms. The summed E-state index contributed by atoms with van der Waals surface area (Å²) in [6.07, 6.45) is -4.06. The lowest BCUT2D eigenvalue weighted by Crippen LogP contribution is -2.69. The second-order valence-electron chi connectivity index (χ2n) is 9.81. The Morgan fingerprint density at radius 2 is 1.73 bits per heavy atom. The number of carbonyl (C=O) groups excluding carboxylic acids is 3. The van der Waals surface area contributed by atoms with Crippen LogP contribution < -0.4 is 5.32 Å². The van der Waals surface area contributed by atoms with Gasteiger partial charge in [0.1, 0.15) is 17.9 Å². The molecule has 2 N–H and O–H groups in total. The number of aliphatic hydroxyl groups is 1. The van der Waals surface area contributed by atoms with Crippen LogP contribution in [0.15, 0.2) is 29.2 Å². The average Bonchev–Trinajstić information content (AvgIpc) is 3.03. The van der Waals surface area contributed by atoms with E-state index < -0.39 is 76.2 Å². The number of rotatable bonds is 6. The third kappa shape index (κ3) is 5.65. The number of nitrogens with one attached hydrogen (secondary N) is 1. The Labute approximate surface area is 216 Å². The summed E-state index contributed by atoms with van der Waals surface area (Å²) >= 11 is 0. The molecule has 6 atom stereocenters. The number of sulfonamides is 1. The second-order valence-corrected chi connectivity index (χ2v) is 11.6. The summed E-state index contributed by atoms with van der Waals surface area (Å²) in [6, 6.07) is 3.90. The van der Waals surface area contributed by atoms with E-state index in [1.165, 1.54) is 19.1 Å². The largest absolute Gasteiger partial charge is 0.465 e. The number of carbonyl (C=O) groups is 3. The summed E-state index contributed by atoms with van der Waals surface area (Å²) in [5, 5.41) is 13.8. The lowest BCUT2D eigenvalue weighted by Gasteiger charge is -2.48. The first kappa shape index (κ1) is 29.0. The smallest absolute Gasteiger partial charge is 0.366 e. The Kier molecular flexibility index (Phi) is 8.06. The molecule has 2 aliphatic rings. The Morgan fingerprint density at radius 3 is 2.24 bits per heavy atom. The predicted molar refractivity (Wildman–Crippen MR) is 128 cm³/mol. The number of esters is 2. The zero-order valence-corrected chi connectivity index (χ0v) is 22.7. The van der Waals surface area contributed by atoms with E-state index in [1.807, 2.05) is 6.92 Å². The van der Waals surface area contributed by atoms with Crippen molar-refractivity contribution >= 4 is 27.9 Å². The molecule has 0 saturated carbocycles. The summed E-state index contributed by atoms with van der Waals surface area (Å²) in [4.78, 5) is 36.6. The highest BCUT2D eigenvalue weighted by atomic mass is 32.2. The Bertz CT molecular complexity index is 1150. The number of benzene rings is 1. The summed E-state index contributed by atoms with van der Waals surface area (Å²) in [6.45, 7) is 8.90. The third-order valence-corrected chi connectivity index (χ3v) is 8.50. The highest BCUT2D eigenvalue weighted by Gasteiger charge is 2.62. The van der Waals surface area contributed by atoms with Crippen LogP contribution in [0.2, 0.25) is 0 Å². The first-order chi connectivity index (χ1) is 17.0. The van der Waals surface area contributed by atoms with Gasteiger partial charge in [-0.2, -0.15) is 4.31 Å². The number of hydrogen-bond donors (Lipinski definition) is 2. The van der Waals surface area contributed by atoms with Crippen LogP contribution in [-0.2, 0) is 43.4 Å². The molecule has 2 unspecified atom stereocenters. The van der Waals surface area contributed by atoms with Crippen LogP contribution in [-0.4, -0.2) is 84.7 Å². The zero-order valence-electron chi connectivity index (χ0n) is 21.9. The lowest BCUT2D eigenvalue weighted by atomic mass is 9.87. The molecule has 1 aromatic rings. The van der Waals surface area contributed by atoms with Crippen LogP contribution >= 0.6 is 0 Å². The van der Waals surface area contributed by atoms with E-state index in [4.69, 9.17) is 18.9 Å². The summed E-state index contributed by atoms with van der Waals surface area (Å²) < 4.78 is 51.0. The van der Waals surface area contributed by atoms with Crippen molar-refractivity contribution in [2.24, 2.45) is 0 Å². The average molecular weight is 543 g/mol. The van der Waals surface area contributed by atoms with Gasteiger partial charge in [0.05, 0.1) is 36.6 Å². The van der Waals surface area contributed by atoms with Gasteiger partial charge in [-0.3, -0.25) is 9.59 Å². The minimum Gasteiger partial charge on any atom is -0.465 e. The summed E-state index contributed by atoms with van der Waals surface area (Å²) in [5.41, 5.74) is -0.537. The first-order valence-corrected chi connectivity index (χ1v) is 13.2.